The number of thioether (sulfide) groups is 2. The number of carbonyl (C=O) groups is 2. The normalized spacial score (nSPS) is 25.4. The van der Waals surface area contributed by atoms with E-state index in [1.807, 2.05) is 0 Å². The van der Waals surface area contributed by atoms with E-state index in [1.165, 1.54) is 34.7 Å². The molecule has 4 aromatic rings. The third-order valence-electron chi connectivity index (χ3n) is 8.08. The van der Waals surface area contributed by atoms with Crippen molar-refractivity contribution >= 4 is 58.1 Å². The van der Waals surface area contributed by atoms with E-state index in [9.17, 15) is 9.59 Å². The molecule has 4 aromatic heterocycles. The fraction of sp³-hybridized carbons (Fsp3) is 0.133. The summed E-state index contributed by atoms with van der Waals surface area (Å²) in [4.78, 5) is 39.9. The molecule has 5 aliphatic heterocycles. The summed E-state index contributed by atoms with van der Waals surface area (Å²) in [6.07, 6.45) is 16.9. The lowest BCUT2D eigenvalue weighted by Crippen LogP contribution is -2.27. The molecule has 6 nitrogen and oxygen atoms in total. The van der Waals surface area contributed by atoms with Gasteiger partial charge in [0.05, 0.1) is 22.3 Å². The van der Waals surface area contributed by atoms with E-state index in [1.54, 1.807) is 0 Å². The fourth-order valence-corrected chi connectivity index (χ4v) is 8.76. The maximum absolute atomic E-state index is 12.8. The van der Waals surface area contributed by atoms with Crippen LogP contribution >= 0.6 is 23.5 Å². The zero-order valence-corrected chi connectivity index (χ0v) is 21.5. The quantitative estimate of drug-likeness (QED) is 0.231. The molecule has 11 rings (SSSR count). The number of allylic oxidation sites excluding steroid dienone is 2. The van der Waals surface area contributed by atoms with Gasteiger partial charge in [0.15, 0.2) is 0 Å². The zero-order chi connectivity index (χ0) is 25.1. The Morgan fingerprint density at radius 2 is 0.842 bits per heavy atom. The first kappa shape index (κ1) is 21.1. The molecule has 12 bridgehead atoms. The number of H-pyrrole nitrogens is 4. The monoisotopic (exact) mass is 532 g/mol. The number of hydrogen-bond donors (Lipinski definition) is 4. The highest BCUT2D eigenvalue weighted by Crippen LogP contribution is 2.47. The van der Waals surface area contributed by atoms with Crippen molar-refractivity contribution in [2.45, 2.75) is 22.3 Å². The molecule has 7 aliphatic rings. The molecule has 4 N–H and O–H groups in total. The number of carbonyl (C=O) groups excluding carboxylic acids is 2. The highest BCUT2D eigenvalue weighted by molar-refractivity contribution is 8.14. The van der Waals surface area contributed by atoms with E-state index in [0.29, 0.717) is 0 Å². The Bertz CT molecular complexity index is 1920. The van der Waals surface area contributed by atoms with Gasteiger partial charge in [-0.15, -0.1) is 0 Å². The summed E-state index contributed by atoms with van der Waals surface area (Å²) in [7, 11) is 0. The van der Waals surface area contributed by atoms with Crippen molar-refractivity contribution in [1.82, 2.24) is 19.9 Å². The highest BCUT2D eigenvalue weighted by atomic mass is 32.2. The standard InChI is InChI=1S/C30H20N4O2S2/c35-29-17-5-7-24(38-29)28-22-12-16-4-2-14(32-16)10-20-26-18-6-8-23(37-30(18)36)27(26)21(34-20)11-15-3-1-13(31-15)9-19(33-22)25(17)28/h1-12,17-18,23-24,31-34H/t17-,18?,23?,24-/m0/s1. The van der Waals surface area contributed by atoms with Crippen molar-refractivity contribution in [3.63, 3.8) is 0 Å². The van der Waals surface area contributed by atoms with Crippen LogP contribution in [0.15, 0.2) is 48.6 Å². The summed E-state index contributed by atoms with van der Waals surface area (Å²) >= 11 is 2.83. The van der Waals surface area contributed by atoms with Gasteiger partial charge in [-0.3, -0.25) is 9.59 Å². The number of nitrogens with one attached hydrogen (secondary N) is 4. The van der Waals surface area contributed by atoms with Crippen LogP contribution < -0.4 is 21.4 Å². The lowest BCUT2D eigenvalue weighted by Gasteiger charge is -2.29. The van der Waals surface area contributed by atoms with E-state index < -0.39 is 0 Å². The van der Waals surface area contributed by atoms with Crippen molar-refractivity contribution in [2.24, 2.45) is 0 Å². The second-order valence-electron chi connectivity index (χ2n) is 10.3. The van der Waals surface area contributed by atoms with E-state index in [4.69, 9.17) is 0 Å². The van der Waals surface area contributed by atoms with Crippen LogP contribution in [-0.2, 0) is 9.59 Å². The van der Waals surface area contributed by atoms with Crippen LogP contribution in [0.1, 0.15) is 67.4 Å². The van der Waals surface area contributed by atoms with E-state index in [2.05, 4.69) is 92.8 Å². The van der Waals surface area contributed by atoms with Crippen LogP contribution in [0.25, 0.3) is 24.3 Å². The average Bonchev–Trinajstić information content (AvgIpc) is 3.69. The summed E-state index contributed by atoms with van der Waals surface area (Å²) in [5.74, 6) is -0.458. The van der Waals surface area contributed by atoms with E-state index >= 15 is 0 Å². The first-order valence-electron chi connectivity index (χ1n) is 12.7. The molecule has 0 saturated heterocycles. The summed E-state index contributed by atoms with van der Waals surface area (Å²) in [5.41, 5.74) is 8.43. The maximum Gasteiger partial charge on any atom is 0.201 e. The lowest BCUT2D eigenvalue weighted by atomic mass is 9.89. The molecular formula is C30H20N4O2S2. The van der Waals surface area contributed by atoms with Gasteiger partial charge in [0, 0.05) is 44.2 Å². The molecule has 38 heavy (non-hydrogen) atoms. The second-order valence-corrected chi connectivity index (χ2v) is 12.6. The molecule has 0 spiro atoms. The maximum atomic E-state index is 12.8. The van der Waals surface area contributed by atoms with E-state index in [-0.39, 0.29) is 32.6 Å². The van der Waals surface area contributed by atoms with Crippen LogP contribution in [0.3, 0.4) is 0 Å². The second kappa shape index (κ2) is 7.36. The minimum atomic E-state index is -0.229. The molecule has 0 fully saturated rings. The molecule has 2 unspecified atom stereocenters. The molecule has 0 amide bonds. The molecular weight excluding hydrogens is 512 g/mol. The molecule has 4 atom stereocenters. The fourth-order valence-electron chi connectivity index (χ4n) is 6.49. The van der Waals surface area contributed by atoms with Crippen LogP contribution in [-0.4, -0.2) is 30.2 Å². The van der Waals surface area contributed by atoms with Crippen molar-refractivity contribution < 1.29 is 9.59 Å². The Morgan fingerprint density at radius 1 is 0.474 bits per heavy atom. The van der Waals surface area contributed by atoms with Gasteiger partial charge < -0.3 is 19.9 Å². The Hall–Kier alpha value is -3.88. The van der Waals surface area contributed by atoms with Crippen LogP contribution in [0.5, 0.6) is 0 Å². The summed E-state index contributed by atoms with van der Waals surface area (Å²) < 4.78 is 0. The van der Waals surface area contributed by atoms with Crippen LogP contribution in [0.2, 0.25) is 0 Å². The molecule has 0 saturated carbocycles. The van der Waals surface area contributed by atoms with Crippen molar-refractivity contribution in [3.05, 3.63) is 115 Å². The molecule has 0 radical (unpaired) electrons. The molecule has 9 heterocycles. The Morgan fingerprint density at radius 3 is 1.21 bits per heavy atom. The summed E-state index contributed by atoms with van der Waals surface area (Å²) in [6.45, 7) is 0. The largest absolute Gasteiger partial charge is 0.355 e. The molecule has 2 aliphatic carbocycles. The van der Waals surface area contributed by atoms with Gasteiger partial charge in [0.2, 0.25) is 10.2 Å². The number of aromatic amines is 4. The summed E-state index contributed by atoms with van der Waals surface area (Å²) in [5, 5.41) is 4.43. The molecule has 184 valence electrons. The lowest BCUT2D eigenvalue weighted by molar-refractivity contribution is -0.112. The van der Waals surface area contributed by atoms with Gasteiger partial charge in [-0.05, 0) is 70.8 Å². The van der Waals surface area contributed by atoms with Crippen molar-refractivity contribution in [1.29, 1.82) is 0 Å². The third-order valence-corrected chi connectivity index (χ3v) is 10.3. The van der Waals surface area contributed by atoms with Gasteiger partial charge in [0.25, 0.3) is 0 Å². The summed E-state index contributed by atoms with van der Waals surface area (Å²) in [6, 6.07) is 8.28. The molecule has 0 aromatic carbocycles. The number of hydrogen-bond acceptors (Lipinski definition) is 4. The van der Waals surface area contributed by atoms with E-state index in [0.717, 1.165) is 55.3 Å². The van der Waals surface area contributed by atoms with Gasteiger partial charge >= 0.3 is 0 Å². The topological polar surface area (TPSA) is 97.3 Å². The first-order valence-corrected chi connectivity index (χ1v) is 14.4. The van der Waals surface area contributed by atoms with Crippen molar-refractivity contribution in [2.75, 3.05) is 0 Å². The number of aromatic nitrogens is 4. The predicted octanol–water partition coefficient (Wildman–Crippen LogP) is 2.56. The number of rotatable bonds is 0. The van der Waals surface area contributed by atoms with Gasteiger partial charge in [-0.2, -0.15) is 0 Å². The van der Waals surface area contributed by atoms with Crippen LogP contribution in [0.4, 0.5) is 0 Å². The Kier molecular flexibility index (Phi) is 4.09. The Labute approximate surface area is 224 Å². The van der Waals surface area contributed by atoms with Crippen LogP contribution in [0, 0.1) is 0 Å². The van der Waals surface area contributed by atoms with Crippen molar-refractivity contribution in [3.8, 4) is 0 Å². The highest BCUT2D eigenvalue weighted by Gasteiger charge is 2.39. The number of fused-ring (bicyclic) bond motifs is 10. The van der Waals surface area contributed by atoms with Gasteiger partial charge in [-0.1, -0.05) is 47.8 Å². The smallest absolute Gasteiger partial charge is 0.201 e. The average molecular weight is 533 g/mol. The minimum Gasteiger partial charge on any atom is -0.355 e. The minimum absolute atomic E-state index is 0.0187. The third kappa shape index (κ3) is 2.87. The SMILES string of the molecule is O=C1SC2C=CC1c1c2c2[nH]c1=Cc1ccc([nH]1)C=c1[nH]c(c3c1[C@@H]1C=C[C@@H]3C(=O)S1)=Cc1ccc([nH]1)C=2. The predicted molar refractivity (Wildman–Crippen MR) is 150 cm³/mol. The Balaban J connectivity index is 1.35. The zero-order valence-electron chi connectivity index (χ0n) is 19.9. The van der Waals surface area contributed by atoms with Gasteiger partial charge in [-0.25, -0.2) is 0 Å². The first-order chi connectivity index (χ1) is 18.6. The molecule has 8 heteroatoms. The van der Waals surface area contributed by atoms with Gasteiger partial charge in [0.1, 0.15) is 0 Å².